The van der Waals surface area contributed by atoms with Crippen molar-refractivity contribution in [1.29, 1.82) is 0 Å². The van der Waals surface area contributed by atoms with Crippen LogP contribution in [0.25, 0.3) is 0 Å². The highest BCUT2D eigenvalue weighted by atomic mass is 16.7. The molecule has 2 saturated heterocycles. The summed E-state index contributed by atoms with van der Waals surface area (Å²) in [5, 5.41) is 3.01. The molecular formula is C19H29N3O3. The van der Waals surface area contributed by atoms with E-state index in [4.69, 9.17) is 9.47 Å². The largest absolute Gasteiger partial charge is 0.347 e. The van der Waals surface area contributed by atoms with Crippen molar-refractivity contribution in [1.82, 2.24) is 15.2 Å². The molecule has 3 fully saturated rings. The Balaban J connectivity index is 1.70. The quantitative estimate of drug-likeness (QED) is 0.832. The fourth-order valence-electron chi connectivity index (χ4n) is 4.32. The number of nitrogens with one attached hydrogen (secondary N) is 1. The van der Waals surface area contributed by atoms with E-state index in [9.17, 15) is 4.79 Å². The minimum Gasteiger partial charge on any atom is -0.347 e. The van der Waals surface area contributed by atoms with Gasteiger partial charge in [0, 0.05) is 33.0 Å². The van der Waals surface area contributed by atoms with E-state index in [1.54, 1.807) is 20.4 Å². The summed E-state index contributed by atoms with van der Waals surface area (Å²) in [6.45, 7) is 5.58. The number of nitrogens with zero attached hydrogens (tertiary/aromatic N) is 2. The van der Waals surface area contributed by atoms with Gasteiger partial charge in [0.25, 0.3) is 0 Å². The minimum absolute atomic E-state index is 0.0483. The lowest BCUT2D eigenvalue weighted by Crippen LogP contribution is -2.60. The number of hydrogen-bond acceptors (Lipinski definition) is 4. The van der Waals surface area contributed by atoms with Gasteiger partial charge in [-0.2, -0.15) is 0 Å². The predicted molar refractivity (Wildman–Crippen MR) is 94.9 cm³/mol. The minimum atomic E-state index is -1.08. The second-order valence-electron chi connectivity index (χ2n) is 7.64. The number of ether oxygens (including phenoxy) is 2. The molecule has 1 saturated carbocycles. The maximum absolute atomic E-state index is 12.9. The number of urea groups is 1. The van der Waals surface area contributed by atoms with Crippen LogP contribution in [0.15, 0.2) is 24.4 Å². The lowest BCUT2D eigenvalue weighted by Gasteiger charge is -2.54. The third kappa shape index (κ3) is 3.13. The fourth-order valence-corrected chi connectivity index (χ4v) is 4.32. The van der Waals surface area contributed by atoms with E-state index in [2.05, 4.69) is 24.1 Å². The molecule has 3 aliphatic rings. The summed E-state index contributed by atoms with van der Waals surface area (Å²) >= 11 is 0. The van der Waals surface area contributed by atoms with Crippen LogP contribution in [-0.2, 0) is 15.3 Å². The monoisotopic (exact) mass is 347 g/mol. The first-order valence-corrected chi connectivity index (χ1v) is 9.01. The molecule has 0 aromatic carbocycles. The molecular weight excluding hydrogens is 318 g/mol. The zero-order chi connectivity index (χ0) is 18.1. The van der Waals surface area contributed by atoms with Crippen LogP contribution in [0, 0.1) is 11.3 Å². The molecule has 4 rings (SSSR count). The Hall–Kier alpha value is -1.66. The highest BCUT2D eigenvalue weighted by molar-refractivity contribution is 5.75. The summed E-state index contributed by atoms with van der Waals surface area (Å²) < 4.78 is 11.2. The van der Waals surface area contributed by atoms with Gasteiger partial charge in [0.1, 0.15) is 5.69 Å². The molecule has 1 aromatic rings. The molecule has 0 spiro atoms. The van der Waals surface area contributed by atoms with Crippen LogP contribution in [0.3, 0.4) is 0 Å². The Morgan fingerprint density at radius 2 is 2.16 bits per heavy atom. The van der Waals surface area contributed by atoms with Crippen LogP contribution in [0.2, 0.25) is 0 Å². The fraction of sp³-hybridized carbons (Fsp3) is 0.684. The van der Waals surface area contributed by atoms with Gasteiger partial charge in [0.15, 0.2) is 0 Å². The molecule has 0 radical (unpaired) electrons. The molecule has 2 atom stereocenters. The van der Waals surface area contributed by atoms with Crippen LogP contribution < -0.4 is 5.32 Å². The van der Waals surface area contributed by atoms with Gasteiger partial charge in [0.05, 0.1) is 6.54 Å². The maximum atomic E-state index is 12.9. The van der Waals surface area contributed by atoms with Crippen LogP contribution in [0.5, 0.6) is 0 Å². The molecule has 6 heteroatoms. The zero-order valence-corrected chi connectivity index (χ0v) is 15.6. The average Bonchev–Trinajstić information content (AvgIpc) is 2.95. The number of pyridine rings is 1. The molecule has 138 valence electrons. The van der Waals surface area contributed by atoms with Gasteiger partial charge >= 0.3 is 6.03 Å². The molecule has 2 amide bonds. The second-order valence-corrected chi connectivity index (χ2v) is 7.64. The summed E-state index contributed by atoms with van der Waals surface area (Å²) in [6, 6.07) is 5.82. The van der Waals surface area contributed by atoms with Crippen molar-refractivity contribution >= 4 is 6.03 Å². The van der Waals surface area contributed by atoms with Crippen LogP contribution >= 0.6 is 0 Å². The number of hydrogen-bond donors (Lipinski definition) is 1. The first-order chi connectivity index (χ1) is 11.9. The van der Waals surface area contributed by atoms with Crippen molar-refractivity contribution in [3.05, 3.63) is 30.1 Å². The highest BCUT2D eigenvalue weighted by Crippen LogP contribution is 2.53. The molecule has 3 heterocycles. The van der Waals surface area contributed by atoms with Crippen molar-refractivity contribution in [2.45, 2.75) is 44.9 Å². The van der Waals surface area contributed by atoms with Crippen molar-refractivity contribution < 1.29 is 14.3 Å². The molecule has 2 unspecified atom stereocenters. The van der Waals surface area contributed by atoms with E-state index >= 15 is 0 Å². The third-order valence-electron chi connectivity index (χ3n) is 6.19. The van der Waals surface area contributed by atoms with E-state index in [0.29, 0.717) is 11.7 Å². The van der Waals surface area contributed by atoms with Gasteiger partial charge in [0.2, 0.25) is 5.79 Å². The SMILES string of the molecule is COC(CNC(=O)N1CCCC2CC1C2(C)C)(OC)c1ccccn1. The third-order valence-corrected chi connectivity index (χ3v) is 6.19. The predicted octanol–water partition coefficient (Wildman–Crippen LogP) is 2.75. The molecule has 25 heavy (non-hydrogen) atoms. The molecule has 6 nitrogen and oxygen atoms in total. The highest BCUT2D eigenvalue weighted by Gasteiger charge is 2.53. The number of amides is 2. The standard InChI is InChI=1S/C19H29N3O3/c1-18(2)14-8-7-11-22(16(18)12-14)17(23)21-13-19(24-3,25-4)15-9-5-6-10-20-15/h5-6,9-10,14,16H,7-8,11-13H2,1-4H3,(H,21,23). The van der Waals surface area contributed by atoms with Crippen molar-refractivity contribution in [2.75, 3.05) is 27.3 Å². The Bertz CT molecular complexity index is 601. The van der Waals surface area contributed by atoms with Gasteiger partial charge in [-0.25, -0.2) is 4.79 Å². The van der Waals surface area contributed by atoms with Crippen LogP contribution in [0.1, 0.15) is 38.8 Å². The lowest BCUT2D eigenvalue weighted by atomic mass is 9.57. The van der Waals surface area contributed by atoms with E-state index in [1.165, 1.54) is 6.42 Å². The van der Waals surface area contributed by atoms with Crippen molar-refractivity contribution in [2.24, 2.45) is 11.3 Å². The maximum Gasteiger partial charge on any atom is 0.317 e. The zero-order valence-electron chi connectivity index (χ0n) is 15.6. The lowest BCUT2D eigenvalue weighted by molar-refractivity contribution is -0.213. The first kappa shape index (κ1) is 18.1. The van der Waals surface area contributed by atoms with Crippen molar-refractivity contribution in [3.63, 3.8) is 0 Å². The number of fused-ring (bicyclic) bond motifs is 3. The summed E-state index contributed by atoms with van der Waals surface area (Å²) in [6.07, 6.45) is 5.08. The van der Waals surface area contributed by atoms with Gasteiger partial charge in [-0.15, -0.1) is 0 Å². The second kappa shape index (κ2) is 6.92. The van der Waals surface area contributed by atoms with Gasteiger partial charge in [-0.05, 0) is 42.7 Å². The summed E-state index contributed by atoms with van der Waals surface area (Å²) in [4.78, 5) is 19.2. The molecule has 1 N–H and O–H groups in total. The number of carbonyl (C=O) groups is 1. The van der Waals surface area contributed by atoms with E-state index in [1.807, 2.05) is 23.1 Å². The van der Waals surface area contributed by atoms with Crippen LogP contribution in [-0.4, -0.2) is 49.3 Å². The molecule has 1 aliphatic carbocycles. The van der Waals surface area contributed by atoms with Crippen molar-refractivity contribution in [3.8, 4) is 0 Å². The smallest absolute Gasteiger partial charge is 0.317 e. The topological polar surface area (TPSA) is 63.7 Å². The number of aromatic nitrogens is 1. The first-order valence-electron chi connectivity index (χ1n) is 9.01. The Morgan fingerprint density at radius 1 is 1.40 bits per heavy atom. The van der Waals surface area contributed by atoms with Gasteiger partial charge in [-0.3, -0.25) is 4.98 Å². The Labute approximate surface area is 149 Å². The Morgan fingerprint density at radius 3 is 2.76 bits per heavy atom. The van der Waals surface area contributed by atoms with E-state index in [0.717, 1.165) is 25.3 Å². The number of rotatable bonds is 5. The average molecular weight is 347 g/mol. The molecule has 2 aliphatic heterocycles. The molecule has 1 aromatic heterocycles. The number of carbonyl (C=O) groups excluding carboxylic acids is 1. The van der Waals surface area contributed by atoms with E-state index in [-0.39, 0.29) is 18.0 Å². The molecule has 2 bridgehead atoms. The summed E-state index contributed by atoms with van der Waals surface area (Å²) in [5.74, 6) is -0.346. The van der Waals surface area contributed by atoms with Gasteiger partial charge in [-0.1, -0.05) is 19.9 Å². The normalized spacial score (nSPS) is 25.0. The Kier molecular flexibility index (Phi) is 5.02. The summed E-state index contributed by atoms with van der Waals surface area (Å²) in [5.41, 5.74) is 0.842. The van der Waals surface area contributed by atoms with Crippen LogP contribution in [0.4, 0.5) is 4.79 Å². The summed E-state index contributed by atoms with van der Waals surface area (Å²) in [7, 11) is 3.13. The number of methoxy groups -OCH3 is 2. The van der Waals surface area contributed by atoms with Gasteiger partial charge < -0.3 is 19.7 Å². The van der Waals surface area contributed by atoms with E-state index < -0.39 is 5.79 Å².